The van der Waals surface area contributed by atoms with E-state index >= 15 is 0 Å². The molecule has 0 unspecified atom stereocenters. The first-order valence-electron chi connectivity index (χ1n) is 9.64. The summed E-state index contributed by atoms with van der Waals surface area (Å²) in [6.07, 6.45) is 4.26. The molecule has 0 spiro atoms. The number of nitrogens with two attached hydrogens (primary N) is 1. The van der Waals surface area contributed by atoms with Gasteiger partial charge in [0.1, 0.15) is 17.5 Å². The Balaban J connectivity index is 1.68. The summed E-state index contributed by atoms with van der Waals surface area (Å²) in [5.74, 6) is -0.325. The normalized spacial score (nSPS) is 16.0. The number of sulfonamides is 1. The van der Waals surface area contributed by atoms with Gasteiger partial charge in [0.25, 0.3) is 21.5 Å². The molecule has 0 aromatic carbocycles. The standard InChI is InChI=1S/C19H22N6O5S/c1-11-15(17(26)23-12-3-4-14(21-9-12)31(20,28)29)16-18(30-11)22-10-25(19(16)27)13-5-7-24(2)8-6-13/h3-4,9-10,13H,5-8H2,1-2H3,(H,23,26)(H2,20,28,29). The first-order chi connectivity index (χ1) is 14.6. The van der Waals surface area contributed by atoms with E-state index in [-0.39, 0.29) is 44.7 Å². The largest absolute Gasteiger partial charge is 0.442 e. The number of fused-ring (bicyclic) bond motifs is 1. The molecular weight excluding hydrogens is 424 g/mol. The number of nitrogens with zero attached hydrogens (tertiary/aromatic N) is 4. The monoisotopic (exact) mass is 446 g/mol. The molecule has 3 aromatic rings. The van der Waals surface area contributed by atoms with Crippen LogP contribution in [0.15, 0.2) is 38.9 Å². The van der Waals surface area contributed by atoms with Gasteiger partial charge in [-0.15, -0.1) is 0 Å². The Kier molecular flexibility index (Phi) is 5.37. The number of likely N-dealkylation sites (tertiary alicyclic amines) is 1. The second-order valence-corrected chi connectivity index (χ2v) is 9.10. The highest BCUT2D eigenvalue weighted by atomic mass is 32.2. The third-order valence-corrected chi connectivity index (χ3v) is 6.23. The number of hydrogen-bond acceptors (Lipinski definition) is 8. The van der Waals surface area contributed by atoms with Crippen LogP contribution in [0.2, 0.25) is 0 Å². The molecule has 1 fully saturated rings. The minimum absolute atomic E-state index is 0.00155. The van der Waals surface area contributed by atoms with E-state index in [1.165, 1.54) is 24.7 Å². The number of primary sulfonamides is 1. The van der Waals surface area contributed by atoms with Crippen molar-refractivity contribution < 1.29 is 17.6 Å². The van der Waals surface area contributed by atoms with Crippen LogP contribution in [0.1, 0.15) is 35.0 Å². The van der Waals surface area contributed by atoms with Crippen LogP contribution >= 0.6 is 0 Å². The van der Waals surface area contributed by atoms with E-state index in [0.29, 0.717) is 0 Å². The summed E-state index contributed by atoms with van der Waals surface area (Å²) in [7, 11) is -1.91. The van der Waals surface area contributed by atoms with E-state index in [9.17, 15) is 18.0 Å². The van der Waals surface area contributed by atoms with Crippen molar-refractivity contribution in [1.82, 2.24) is 19.4 Å². The number of carbonyl (C=O) groups is 1. The smallest absolute Gasteiger partial charge is 0.265 e. The highest BCUT2D eigenvalue weighted by Crippen LogP contribution is 2.25. The number of nitrogens with one attached hydrogen (secondary N) is 1. The number of furan rings is 1. The number of hydrogen-bond donors (Lipinski definition) is 2. The first kappa shape index (κ1) is 21.2. The van der Waals surface area contributed by atoms with Gasteiger partial charge in [-0.25, -0.2) is 23.5 Å². The van der Waals surface area contributed by atoms with Crippen molar-refractivity contribution in [1.29, 1.82) is 0 Å². The third-order valence-electron chi connectivity index (χ3n) is 5.41. The molecule has 164 valence electrons. The van der Waals surface area contributed by atoms with Crippen LogP contribution in [0.3, 0.4) is 0 Å². The Hall–Kier alpha value is -3.09. The van der Waals surface area contributed by atoms with Crippen LogP contribution in [0.4, 0.5) is 5.69 Å². The van der Waals surface area contributed by atoms with Crippen molar-refractivity contribution in [3.63, 3.8) is 0 Å². The van der Waals surface area contributed by atoms with Gasteiger partial charge in [-0.3, -0.25) is 14.2 Å². The Morgan fingerprint density at radius 1 is 1.26 bits per heavy atom. The molecule has 3 N–H and O–H groups in total. The molecule has 4 rings (SSSR count). The van der Waals surface area contributed by atoms with Gasteiger partial charge in [0, 0.05) is 6.04 Å². The fourth-order valence-electron chi connectivity index (χ4n) is 3.74. The maximum atomic E-state index is 13.2. The number of aryl methyl sites for hydroxylation is 1. The van der Waals surface area contributed by atoms with Crippen LogP contribution in [-0.4, -0.2) is 53.9 Å². The molecule has 1 aliphatic heterocycles. The van der Waals surface area contributed by atoms with Gasteiger partial charge in [0.2, 0.25) is 5.71 Å². The molecular formula is C19H22N6O5S. The van der Waals surface area contributed by atoms with Gasteiger partial charge in [-0.1, -0.05) is 0 Å². The summed E-state index contributed by atoms with van der Waals surface area (Å²) in [6, 6.07) is 2.54. The van der Waals surface area contributed by atoms with Gasteiger partial charge in [0.05, 0.1) is 17.4 Å². The summed E-state index contributed by atoms with van der Waals surface area (Å²) < 4.78 is 29.8. The maximum absolute atomic E-state index is 13.2. The van der Waals surface area contributed by atoms with E-state index in [1.54, 1.807) is 11.5 Å². The summed E-state index contributed by atoms with van der Waals surface area (Å²) in [4.78, 5) is 36.4. The number of aromatic nitrogens is 3. The predicted octanol–water partition coefficient (Wildman–Crippen LogP) is 0.859. The third kappa shape index (κ3) is 4.09. The molecule has 0 saturated carbocycles. The minimum atomic E-state index is -3.95. The molecule has 12 heteroatoms. The van der Waals surface area contributed by atoms with E-state index in [0.717, 1.165) is 25.9 Å². The lowest BCUT2D eigenvalue weighted by Crippen LogP contribution is -2.35. The van der Waals surface area contributed by atoms with Crippen molar-refractivity contribution >= 4 is 32.7 Å². The zero-order chi connectivity index (χ0) is 22.3. The van der Waals surface area contributed by atoms with Crippen LogP contribution in [-0.2, 0) is 10.0 Å². The van der Waals surface area contributed by atoms with E-state index in [1.807, 2.05) is 7.05 Å². The highest BCUT2D eigenvalue weighted by molar-refractivity contribution is 7.89. The SMILES string of the molecule is Cc1oc2ncn(C3CCN(C)CC3)c(=O)c2c1C(=O)Nc1ccc(S(N)(=O)=O)nc1. The second kappa shape index (κ2) is 7.87. The molecule has 0 radical (unpaired) electrons. The van der Waals surface area contributed by atoms with Crippen molar-refractivity contribution in [3.05, 3.63) is 46.3 Å². The van der Waals surface area contributed by atoms with Gasteiger partial charge in [-0.2, -0.15) is 0 Å². The van der Waals surface area contributed by atoms with Crippen molar-refractivity contribution in [2.45, 2.75) is 30.8 Å². The van der Waals surface area contributed by atoms with Crippen molar-refractivity contribution in [2.75, 3.05) is 25.5 Å². The first-order valence-corrected chi connectivity index (χ1v) is 11.2. The number of rotatable bonds is 4. The van der Waals surface area contributed by atoms with Crippen LogP contribution < -0.4 is 16.0 Å². The maximum Gasteiger partial charge on any atom is 0.265 e. The number of pyridine rings is 1. The zero-order valence-electron chi connectivity index (χ0n) is 17.0. The van der Waals surface area contributed by atoms with Gasteiger partial charge in [-0.05, 0) is 52.0 Å². The molecule has 0 bridgehead atoms. The van der Waals surface area contributed by atoms with Gasteiger partial charge >= 0.3 is 0 Å². The van der Waals surface area contributed by atoms with Gasteiger partial charge in [0.15, 0.2) is 5.03 Å². The average molecular weight is 446 g/mol. The lowest BCUT2D eigenvalue weighted by molar-refractivity contribution is 0.102. The number of amides is 1. The Morgan fingerprint density at radius 3 is 2.58 bits per heavy atom. The lowest BCUT2D eigenvalue weighted by atomic mass is 10.1. The highest BCUT2D eigenvalue weighted by Gasteiger charge is 2.26. The van der Waals surface area contributed by atoms with E-state index in [2.05, 4.69) is 20.2 Å². The summed E-state index contributed by atoms with van der Waals surface area (Å²) >= 11 is 0. The lowest BCUT2D eigenvalue weighted by Gasteiger charge is -2.29. The van der Waals surface area contributed by atoms with E-state index < -0.39 is 15.9 Å². The molecule has 1 aliphatic rings. The van der Waals surface area contributed by atoms with Gasteiger partial charge < -0.3 is 14.6 Å². The molecule has 4 heterocycles. The number of piperidine rings is 1. The zero-order valence-corrected chi connectivity index (χ0v) is 17.8. The molecule has 0 atom stereocenters. The topological polar surface area (TPSA) is 153 Å². The second-order valence-electron chi connectivity index (χ2n) is 7.59. The molecule has 1 saturated heterocycles. The summed E-state index contributed by atoms with van der Waals surface area (Å²) in [5, 5.41) is 7.44. The van der Waals surface area contributed by atoms with Crippen LogP contribution in [0.5, 0.6) is 0 Å². The average Bonchev–Trinajstić information content (AvgIpc) is 3.06. The Morgan fingerprint density at radius 2 is 1.97 bits per heavy atom. The minimum Gasteiger partial charge on any atom is -0.442 e. The summed E-state index contributed by atoms with van der Waals surface area (Å²) in [5.41, 5.74) is 0.0970. The fourth-order valence-corrected chi connectivity index (χ4v) is 4.20. The van der Waals surface area contributed by atoms with Crippen molar-refractivity contribution in [2.24, 2.45) is 5.14 Å². The van der Waals surface area contributed by atoms with E-state index in [4.69, 9.17) is 9.56 Å². The summed E-state index contributed by atoms with van der Waals surface area (Å²) in [6.45, 7) is 3.32. The Labute approximate surface area is 177 Å². The molecule has 11 nitrogen and oxygen atoms in total. The molecule has 31 heavy (non-hydrogen) atoms. The Bertz CT molecular complexity index is 1300. The quantitative estimate of drug-likeness (QED) is 0.598. The molecule has 3 aromatic heterocycles. The predicted molar refractivity (Wildman–Crippen MR) is 112 cm³/mol. The number of anilines is 1. The van der Waals surface area contributed by atoms with Crippen LogP contribution in [0, 0.1) is 6.92 Å². The van der Waals surface area contributed by atoms with Crippen LogP contribution in [0.25, 0.3) is 11.1 Å². The molecule has 1 amide bonds. The molecule has 0 aliphatic carbocycles. The van der Waals surface area contributed by atoms with Crippen molar-refractivity contribution in [3.8, 4) is 0 Å². The number of carbonyl (C=O) groups excluding carboxylic acids is 1. The fraction of sp³-hybridized carbons (Fsp3) is 0.368.